The Morgan fingerprint density at radius 2 is 1.47 bits per heavy atom. The maximum Gasteiger partial charge on any atom is 0.327 e. The number of likely N-dealkylation sites (N-methyl/N-ethyl adjacent to an activating group) is 2. The highest BCUT2D eigenvalue weighted by atomic mass is 16.8. The van der Waals surface area contributed by atoms with Crippen LogP contribution in [-0.2, 0) is 57.0 Å². The van der Waals surface area contributed by atoms with E-state index in [9.17, 15) is 19.5 Å². The summed E-state index contributed by atoms with van der Waals surface area (Å²) < 4.78 is 20.4. The van der Waals surface area contributed by atoms with Gasteiger partial charge in [0.2, 0.25) is 23.5 Å². The number of ether oxygens (including phenoxy) is 3. The third kappa shape index (κ3) is 7.23. The Morgan fingerprint density at radius 1 is 0.864 bits per heavy atom. The van der Waals surface area contributed by atoms with E-state index < -0.39 is 65.5 Å². The lowest BCUT2D eigenvalue weighted by Crippen LogP contribution is -2.70. The maximum absolute atomic E-state index is 15.7. The number of esters is 1. The zero-order valence-electron chi connectivity index (χ0n) is 33.2. The van der Waals surface area contributed by atoms with Crippen LogP contribution in [0.5, 0.6) is 0 Å². The lowest BCUT2D eigenvalue weighted by atomic mass is 9.62. The predicted octanol–water partition coefficient (Wildman–Crippen LogP) is 3.45. The molecule has 13 heteroatoms. The number of rotatable bonds is 13. The number of nitrogens with one attached hydrogen (secondary N) is 1. The molecule has 4 aromatic rings. The molecule has 0 aromatic heterocycles. The minimum Gasteiger partial charge on any atom is -0.458 e. The Morgan fingerprint density at radius 3 is 2.12 bits per heavy atom. The summed E-state index contributed by atoms with van der Waals surface area (Å²) in [6.07, 6.45) is -0.340. The summed E-state index contributed by atoms with van der Waals surface area (Å²) >= 11 is 0. The average Bonchev–Trinajstić information content (AvgIpc) is 3.84. The summed E-state index contributed by atoms with van der Waals surface area (Å²) in [6, 6.07) is 33.5. The van der Waals surface area contributed by atoms with Crippen molar-refractivity contribution >= 4 is 29.8 Å². The van der Waals surface area contributed by atoms with Crippen LogP contribution in [-0.4, -0.2) is 114 Å². The Balaban J connectivity index is 1.24. The molecule has 0 radical (unpaired) electrons. The van der Waals surface area contributed by atoms with Gasteiger partial charge in [-0.2, -0.15) is 5.06 Å². The van der Waals surface area contributed by atoms with Gasteiger partial charge in [0.15, 0.2) is 6.04 Å². The first-order chi connectivity index (χ1) is 28.6. The van der Waals surface area contributed by atoms with Crippen LogP contribution in [0, 0.1) is 5.41 Å². The first kappa shape index (κ1) is 40.1. The molecule has 2 bridgehead atoms. The molecule has 2 N–H and O–H groups in total. The fourth-order valence-electron chi connectivity index (χ4n) is 9.00. The van der Waals surface area contributed by atoms with Gasteiger partial charge in [-0.05, 0) is 22.8 Å². The maximum atomic E-state index is 15.7. The van der Waals surface area contributed by atoms with Gasteiger partial charge in [-0.15, -0.1) is 0 Å². The largest absolute Gasteiger partial charge is 0.458 e. The minimum atomic E-state index is -1.60. The van der Waals surface area contributed by atoms with Crippen molar-refractivity contribution in [3.8, 4) is 0 Å². The number of hydroxylamine groups is 2. The van der Waals surface area contributed by atoms with Crippen molar-refractivity contribution in [3.05, 3.63) is 149 Å². The van der Waals surface area contributed by atoms with Crippen LogP contribution >= 0.6 is 0 Å². The highest BCUT2D eigenvalue weighted by molar-refractivity contribution is 5.96. The first-order valence-corrected chi connectivity index (χ1v) is 19.8. The van der Waals surface area contributed by atoms with E-state index in [1.54, 1.807) is 27.2 Å². The van der Waals surface area contributed by atoms with Crippen molar-refractivity contribution in [1.82, 2.24) is 20.2 Å². The topological polar surface area (TPSA) is 147 Å². The zero-order valence-corrected chi connectivity index (χ0v) is 33.2. The van der Waals surface area contributed by atoms with Crippen LogP contribution in [0.3, 0.4) is 0 Å². The first-order valence-electron chi connectivity index (χ1n) is 19.8. The van der Waals surface area contributed by atoms with E-state index in [1.807, 2.05) is 115 Å². The Bertz CT molecular complexity index is 2160. The van der Waals surface area contributed by atoms with Gasteiger partial charge >= 0.3 is 5.97 Å². The molecule has 4 fully saturated rings. The molecule has 3 saturated heterocycles. The third-order valence-electron chi connectivity index (χ3n) is 11.9. The summed E-state index contributed by atoms with van der Waals surface area (Å²) in [5.41, 5.74) is 2.09. The van der Waals surface area contributed by atoms with Crippen molar-refractivity contribution in [2.45, 2.75) is 61.7 Å². The summed E-state index contributed by atoms with van der Waals surface area (Å²) in [6.45, 7) is -0.240. The summed E-state index contributed by atoms with van der Waals surface area (Å²) in [5.74, 6) is -3.24. The van der Waals surface area contributed by atoms with Crippen molar-refractivity contribution in [2.75, 3.05) is 34.3 Å². The van der Waals surface area contributed by atoms with Crippen molar-refractivity contribution in [2.24, 2.45) is 5.41 Å². The van der Waals surface area contributed by atoms with Crippen LogP contribution in [0.2, 0.25) is 0 Å². The van der Waals surface area contributed by atoms with Gasteiger partial charge in [-0.3, -0.25) is 24.0 Å². The Labute approximate surface area is 343 Å². The smallest absolute Gasteiger partial charge is 0.327 e. The van der Waals surface area contributed by atoms with Crippen LogP contribution < -0.4 is 5.32 Å². The van der Waals surface area contributed by atoms with E-state index in [4.69, 9.17) is 19.0 Å². The minimum absolute atomic E-state index is 0.00216. The summed E-state index contributed by atoms with van der Waals surface area (Å²) in [5, 5.41) is 13.9. The summed E-state index contributed by atoms with van der Waals surface area (Å²) in [4.78, 5) is 66.5. The van der Waals surface area contributed by atoms with Gasteiger partial charge in [0.1, 0.15) is 35.9 Å². The highest BCUT2D eigenvalue weighted by Gasteiger charge is 2.77. The zero-order chi connectivity index (χ0) is 41.3. The number of amides is 3. The lowest BCUT2D eigenvalue weighted by molar-refractivity contribution is -0.214. The van der Waals surface area contributed by atoms with E-state index >= 15 is 4.79 Å². The van der Waals surface area contributed by atoms with Crippen LogP contribution in [0.25, 0.3) is 6.08 Å². The Hall–Kier alpha value is -5.70. The van der Waals surface area contributed by atoms with Gasteiger partial charge in [-0.1, -0.05) is 115 Å². The van der Waals surface area contributed by atoms with Crippen LogP contribution in [0.15, 0.2) is 121 Å². The van der Waals surface area contributed by atoms with E-state index in [2.05, 4.69) is 5.32 Å². The van der Waals surface area contributed by atoms with Crippen LogP contribution in [0.1, 0.15) is 34.2 Å². The molecule has 0 unspecified atom stereocenters. The highest BCUT2D eigenvalue weighted by Crippen LogP contribution is 2.59. The number of benzene rings is 4. The predicted molar refractivity (Wildman–Crippen MR) is 216 cm³/mol. The third-order valence-corrected chi connectivity index (χ3v) is 11.9. The molecule has 4 aliphatic rings. The second kappa shape index (κ2) is 16.5. The molecule has 8 rings (SSSR count). The van der Waals surface area contributed by atoms with Gasteiger partial charge in [0.05, 0.1) is 13.2 Å². The van der Waals surface area contributed by atoms with E-state index in [1.165, 1.54) is 20.9 Å². The monoisotopic (exact) mass is 800 g/mol. The standard InChI is InChI=1S/C46H48N4O9/c1-48(2)37(52)24-23-31-17-13-14-18-32(31)29-50-40-43(54)56-36-28-45(40,44(55)49(3)35(42(53)47-25-26-51)27-30-15-7-4-8-16-30)41(59-50)39-38(36)57-46(58-39,33-19-9-5-10-20-33)34-21-11-6-12-22-34/h4-24,35-36,38-41,51H,25-29H2,1-3H3,(H,47,53)/t35-,36-,38+,39+,40+,41-,45+/m1/s1. The second-order valence-electron chi connectivity index (χ2n) is 15.6. The molecule has 3 amide bonds. The Kier molecular flexibility index (Phi) is 11.2. The van der Waals surface area contributed by atoms with Gasteiger partial charge in [-0.25, -0.2) is 0 Å². The molecule has 3 aliphatic heterocycles. The molecule has 1 aliphatic carbocycles. The number of hydrogen-bond acceptors (Lipinski definition) is 10. The number of carbonyl (C=O) groups is 4. The van der Waals surface area contributed by atoms with Gasteiger partial charge < -0.3 is 34.4 Å². The number of nitrogens with zero attached hydrogens (tertiary/aromatic N) is 3. The molecule has 7 atom stereocenters. The van der Waals surface area contributed by atoms with E-state index in [0.717, 1.165) is 16.7 Å². The number of hydrogen-bond donors (Lipinski definition) is 2. The molecule has 306 valence electrons. The molecular weight excluding hydrogens is 753 g/mol. The molecule has 1 saturated carbocycles. The molecule has 13 nitrogen and oxygen atoms in total. The quantitative estimate of drug-likeness (QED) is 0.152. The van der Waals surface area contributed by atoms with E-state index in [0.29, 0.717) is 11.1 Å². The molecule has 59 heavy (non-hydrogen) atoms. The molecule has 4 aromatic carbocycles. The van der Waals surface area contributed by atoms with Crippen LogP contribution in [0.4, 0.5) is 0 Å². The fourth-order valence-corrected chi connectivity index (χ4v) is 9.00. The SMILES string of the molecule is CN(C)C(=O)C=Cc1ccccc1CN1O[C@@H]2[C@H]3OC(c4ccccc4)(c4ccccc4)O[C@H]3[C@H]3C[C@]2(C(=O)N(C)[C@H](Cc2ccccc2)C(=O)NCCO)[C@@H]1C(=O)O3. The molecule has 0 spiro atoms. The van der Waals surface area contributed by atoms with Crippen molar-refractivity contribution < 1.29 is 43.3 Å². The lowest BCUT2D eigenvalue weighted by Gasteiger charge is -2.50. The number of aliphatic hydroxyl groups excluding tert-OH is 1. The number of fused-ring (bicyclic) bond motifs is 4. The van der Waals surface area contributed by atoms with Gasteiger partial charge in [0.25, 0.3) is 0 Å². The van der Waals surface area contributed by atoms with Crippen molar-refractivity contribution in [3.63, 3.8) is 0 Å². The molecular formula is C46H48N4O9. The number of carbonyl (C=O) groups excluding carboxylic acids is 4. The molecule has 3 heterocycles. The summed E-state index contributed by atoms with van der Waals surface area (Å²) in [7, 11) is 4.90. The number of aliphatic hydroxyl groups is 1. The second-order valence-corrected chi connectivity index (χ2v) is 15.6. The fraction of sp³-hybridized carbons (Fsp3) is 0.348. The van der Waals surface area contributed by atoms with Gasteiger partial charge in [0, 0.05) is 57.7 Å². The average molecular weight is 801 g/mol. The normalized spacial score (nSPS) is 25.8. The van der Waals surface area contributed by atoms with Crippen molar-refractivity contribution in [1.29, 1.82) is 0 Å². The van der Waals surface area contributed by atoms with E-state index in [-0.39, 0.29) is 38.4 Å².